The third kappa shape index (κ3) is 2.68. The van der Waals surface area contributed by atoms with Crippen molar-refractivity contribution in [2.45, 2.75) is 44.7 Å². The molecule has 24 heavy (non-hydrogen) atoms. The van der Waals surface area contributed by atoms with Gasteiger partial charge >= 0.3 is 0 Å². The largest absolute Gasteiger partial charge is 0.493 e. The lowest BCUT2D eigenvalue weighted by atomic mass is 9.71. The Balaban J connectivity index is 1.35. The molecule has 2 unspecified atom stereocenters. The molecule has 0 amide bonds. The Morgan fingerprint density at radius 1 is 1.33 bits per heavy atom. The molecular formula is C19H30N4O. The van der Waals surface area contributed by atoms with E-state index in [0.29, 0.717) is 5.41 Å². The SMILES string of the molecule is CCC1NCC12CC[C@@H](N1CCN(c3ncccc3OC)CC1)C2. The Hall–Kier alpha value is -1.33. The van der Waals surface area contributed by atoms with Crippen LogP contribution in [-0.4, -0.2) is 61.8 Å². The monoisotopic (exact) mass is 330 g/mol. The van der Waals surface area contributed by atoms with Crippen LogP contribution in [0.2, 0.25) is 0 Å². The van der Waals surface area contributed by atoms with Crippen molar-refractivity contribution in [2.24, 2.45) is 5.41 Å². The number of nitrogens with one attached hydrogen (secondary N) is 1. The van der Waals surface area contributed by atoms with Gasteiger partial charge < -0.3 is 15.0 Å². The smallest absolute Gasteiger partial charge is 0.171 e. The quantitative estimate of drug-likeness (QED) is 0.916. The predicted octanol–water partition coefficient (Wildman–Crippen LogP) is 2.13. The molecule has 5 heteroatoms. The molecule has 3 heterocycles. The summed E-state index contributed by atoms with van der Waals surface area (Å²) in [6.07, 6.45) is 7.33. The second kappa shape index (κ2) is 6.52. The average Bonchev–Trinajstić information content (AvgIpc) is 3.09. The molecule has 1 N–H and O–H groups in total. The summed E-state index contributed by atoms with van der Waals surface area (Å²) in [5.41, 5.74) is 0.612. The van der Waals surface area contributed by atoms with Gasteiger partial charge in [-0.05, 0) is 43.2 Å². The van der Waals surface area contributed by atoms with Crippen LogP contribution in [-0.2, 0) is 0 Å². The zero-order valence-corrected chi connectivity index (χ0v) is 15.0. The summed E-state index contributed by atoms with van der Waals surface area (Å²) in [5, 5.41) is 3.64. The van der Waals surface area contributed by atoms with Crippen LogP contribution >= 0.6 is 0 Å². The number of hydrogen-bond acceptors (Lipinski definition) is 5. The number of aromatic nitrogens is 1. The van der Waals surface area contributed by atoms with Crippen molar-refractivity contribution >= 4 is 5.82 Å². The van der Waals surface area contributed by atoms with E-state index in [2.05, 4.69) is 27.0 Å². The zero-order chi connectivity index (χ0) is 16.6. The number of ether oxygens (including phenoxy) is 1. The van der Waals surface area contributed by atoms with Crippen LogP contribution in [0, 0.1) is 5.41 Å². The Morgan fingerprint density at radius 3 is 2.83 bits per heavy atom. The minimum Gasteiger partial charge on any atom is -0.493 e. The highest BCUT2D eigenvalue weighted by Crippen LogP contribution is 2.48. The van der Waals surface area contributed by atoms with E-state index >= 15 is 0 Å². The lowest BCUT2D eigenvalue weighted by Gasteiger charge is -2.49. The van der Waals surface area contributed by atoms with Crippen molar-refractivity contribution in [3.8, 4) is 5.75 Å². The summed E-state index contributed by atoms with van der Waals surface area (Å²) in [4.78, 5) is 9.64. The number of piperazine rings is 1. The van der Waals surface area contributed by atoms with Crippen LogP contribution in [0.3, 0.4) is 0 Å². The molecule has 0 radical (unpaired) electrons. The molecule has 3 atom stereocenters. The van der Waals surface area contributed by atoms with Gasteiger partial charge in [-0.2, -0.15) is 0 Å². The number of anilines is 1. The first kappa shape index (κ1) is 16.2. The van der Waals surface area contributed by atoms with Gasteiger partial charge in [0.2, 0.25) is 0 Å². The summed E-state index contributed by atoms with van der Waals surface area (Å²) in [5.74, 6) is 1.88. The van der Waals surface area contributed by atoms with Crippen molar-refractivity contribution in [2.75, 3.05) is 44.7 Å². The number of pyridine rings is 1. The van der Waals surface area contributed by atoms with E-state index in [1.165, 1.54) is 32.2 Å². The highest BCUT2D eigenvalue weighted by atomic mass is 16.5. The fourth-order valence-corrected chi connectivity index (χ4v) is 5.11. The van der Waals surface area contributed by atoms with Gasteiger partial charge in [-0.15, -0.1) is 0 Å². The van der Waals surface area contributed by atoms with Gasteiger partial charge in [0.15, 0.2) is 11.6 Å². The summed E-state index contributed by atoms with van der Waals surface area (Å²) in [6, 6.07) is 5.49. The van der Waals surface area contributed by atoms with Crippen molar-refractivity contribution in [1.82, 2.24) is 15.2 Å². The second-order valence-electron chi connectivity index (χ2n) is 7.65. The van der Waals surface area contributed by atoms with Crippen LogP contribution in [0.1, 0.15) is 32.6 Å². The molecular weight excluding hydrogens is 300 g/mol. The van der Waals surface area contributed by atoms with Gasteiger partial charge in [-0.25, -0.2) is 4.98 Å². The molecule has 2 saturated heterocycles. The summed E-state index contributed by atoms with van der Waals surface area (Å²) in [7, 11) is 1.73. The number of hydrogen-bond donors (Lipinski definition) is 1. The Labute approximate surface area is 145 Å². The van der Waals surface area contributed by atoms with Crippen molar-refractivity contribution in [1.29, 1.82) is 0 Å². The van der Waals surface area contributed by atoms with E-state index in [1.807, 2.05) is 18.3 Å². The zero-order valence-electron chi connectivity index (χ0n) is 15.0. The summed E-state index contributed by atoms with van der Waals surface area (Å²) < 4.78 is 5.47. The van der Waals surface area contributed by atoms with Gasteiger partial charge in [0.1, 0.15) is 0 Å². The van der Waals surface area contributed by atoms with Crippen LogP contribution in [0.5, 0.6) is 5.75 Å². The van der Waals surface area contributed by atoms with E-state index < -0.39 is 0 Å². The first-order valence-electron chi connectivity index (χ1n) is 9.47. The fraction of sp³-hybridized carbons (Fsp3) is 0.737. The third-order valence-electron chi connectivity index (χ3n) is 6.57. The summed E-state index contributed by atoms with van der Waals surface area (Å²) >= 11 is 0. The molecule has 0 aromatic carbocycles. The van der Waals surface area contributed by atoms with Gasteiger partial charge in [-0.1, -0.05) is 6.92 Å². The van der Waals surface area contributed by atoms with Crippen molar-refractivity contribution in [3.05, 3.63) is 18.3 Å². The third-order valence-corrected chi connectivity index (χ3v) is 6.57. The first-order chi connectivity index (χ1) is 11.8. The minimum absolute atomic E-state index is 0.612. The van der Waals surface area contributed by atoms with E-state index in [1.54, 1.807) is 7.11 Å². The Kier molecular flexibility index (Phi) is 4.39. The van der Waals surface area contributed by atoms with Crippen molar-refractivity contribution in [3.63, 3.8) is 0 Å². The highest BCUT2D eigenvalue weighted by molar-refractivity contribution is 5.52. The van der Waals surface area contributed by atoms with E-state index in [-0.39, 0.29) is 0 Å². The maximum absolute atomic E-state index is 5.47. The van der Waals surface area contributed by atoms with Gasteiger partial charge in [0, 0.05) is 51.0 Å². The standard InChI is InChI=1S/C19H30N4O/c1-3-17-19(14-21-17)7-6-15(13-19)22-9-11-23(12-10-22)18-16(24-2)5-4-8-20-18/h4-5,8,15,17,21H,3,6-7,9-14H2,1-2H3/t15-,17?,19?/m1/s1. The van der Waals surface area contributed by atoms with Crippen LogP contribution in [0.25, 0.3) is 0 Å². The fourth-order valence-electron chi connectivity index (χ4n) is 5.11. The van der Waals surface area contributed by atoms with E-state index in [9.17, 15) is 0 Å². The molecule has 2 aliphatic heterocycles. The minimum atomic E-state index is 0.612. The number of methoxy groups -OCH3 is 1. The topological polar surface area (TPSA) is 40.6 Å². The molecule has 3 fully saturated rings. The lowest BCUT2D eigenvalue weighted by molar-refractivity contribution is 0.0708. The van der Waals surface area contributed by atoms with Gasteiger partial charge in [-0.3, -0.25) is 4.90 Å². The van der Waals surface area contributed by atoms with Crippen LogP contribution < -0.4 is 15.0 Å². The second-order valence-corrected chi connectivity index (χ2v) is 7.65. The molecule has 5 nitrogen and oxygen atoms in total. The summed E-state index contributed by atoms with van der Waals surface area (Å²) in [6.45, 7) is 7.95. The van der Waals surface area contributed by atoms with Gasteiger partial charge in [0.05, 0.1) is 7.11 Å². The first-order valence-corrected chi connectivity index (χ1v) is 9.47. The van der Waals surface area contributed by atoms with Crippen molar-refractivity contribution < 1.29 is 4.74 Å². The molecule has 132 valence electrons. The van der Waals surface area contributed by atoms with Crippen LogP contribution in [0.15, 0.2) is 18.3 Å². The maximum Gasteiger partial charge on any atom is 0.171 e. The highest BCUT2D eigenvalue weighted by Gasteiger charge is 2.51. The van der Waals surface area contributed by atoms with Crippen LogP contribution in [0.4, 0.5) is 5.82 Å². The predicted molar refractivity (Wildman–Crippen MR) is 96.7 cm³/mol. The van der Waals surface area contributed by atoms with E-state index in [4.69, 9.17) is 4.74 Å². The van der Waals surface area contributed by atoms with E-state index in [0.717, 1.165) is 49.8 Å². The molecule has 1 aromatic heterocycles. The molecule has 3 aliphatic rings. The molecule has 1 saturated carbocycles. The van der Waals surface area contributed by atoms with Gasteiger partial charge in [0.25, 0.3) is 0 Å². The Morgan fingerprint density at radius 2 is 2.17 bits per heavy atom. The molecule has 1 aliphatic carbocycles. The Bertz CT molecular complexity index is 570. The molecule has 1 aromatic rings. The number of nitrogens with zero attached hydrogens (tertiary/aromatic N) is 3. The lowest BCUT2D eigenvalue weighted by Crippen LogP contribution is -2.61. The molecule has 4 rings (SSSR count). The normalized spacial score (nSPS) is 33.7. The maximum atomic E-state index is 5.47. The molecule has 1 spiro atoms. The number of rotatable bonds is 4. The molecule has 0 bridgehead atoms. The average molecular weight is 330 g/mol.